The quantitative estimate of drug-likeness (QED) is 0.874. The zero-order valence-electron chi connectivity index (χ0n) is 12.1. The lowest BCUT2D eigenvalue weighted by molar-refractivity contribution is -0.128. The lowest BCUT2D eigenvalue weighted by atomic mass is 10.1. The summed E-state index contributed by atoms with van der Waals surface area (Å²) in [5.41, 5.74) is 0.502. The van der Waals surface area contributed by atoms with Gasteiger partial charge in [0.25, 0.3) is 0 Å². The third kappa shape index (κ3) is 4.19. The number of benzene rings is 1. The predicted molar refractivity (Wildman–Crippen MR) is 77.2 cm³/mol. The summed E-state index contributed by atoms with van der Waals surface area (Å²) in [6, 6.07) is 5.35. The van der Waals surface area contributed by atoms with Gasteiger partial charge in [-0.3, -0.25) is 4.79 Å². The lowest BCUT2D eigenvalue weighted by Crippen LogP contribution is -2.42. The van der Waals surface area contributed by atoms with E-state index in [1.165, 1.54) is 12.1 Å². The summed E-state index contributed by atoms with van der Waals surface area (Å²) < 4.78 is 13.6. The summed E-state index contributed by atoms with van der Waals surface area (Å²) in [6.07, 6.45) is 1.99. The number of nitriles is 1. The van der Waals surface area contributed by atoms with Crippen LogP contribution in [0.1, 0.15) is 24.0 Å². The van der Waals surface area contributed by atoms with E-state index in [2.05, 4.69) is 10.6 Å². The Hall–Kier alpha value is -2.62. The van der Waals surface area contributed by atoms with E-state index in [0.29, 0.717) is 0 Å². The molecule has 1 heterocycles. The Labute approximate surface area is 127 Å². The van der Waals surface area contributed by atoms with Crippen LogP contribution >= 0.6 is 0 Å². The van der Waals surface area contributed by atoms with Crippen molar-refractivity contribution >= 4 is 11.9 Å². The highest BCUT2D eigenvalue weighted by Crippen LogP contribution is 2.09. The molecule has 7 heteroatoms. The Morgan fingerprint density at radius 1 is 1.27 bits per heavy atom. The normalized spacial score (nSPS) is 13.5. The van der Waals surface area contributed by atoms with Gasteiger partial charge in [0.05, 0.1) is 18.2 Å². The Morgan fingerprint density at radius 2 is 2.00 bits per heavy atom. The first kappa shape index (κ1) is 15.8. The van der Waals surface area contributed by atoms with Gasteiger partial charge in [0.2, 0.25) is 5.91 Å². The zero-order chi connectivity index (χ0) is 15.9. The van der Waals surface area contributed by atoms with Gasteiger partial charge < -0.3 is 15.5 Å². The third-order valence-corrected chi connectivity index (χ3v) is 3.48. The van der Waals surface area contributed by atoms with Crippen LogP contribution in [0.3, 0.4) is 0 Å². The Kier molecular flexibility index (Phi) is 5.31. The molecule has 0 aromatic heterocycles. The molecule has 0 radical (unpaired) electrons. The fraction of sp³-hybridized carbons (Fsp3) is 0.400. The molecule has 0 spiro atoms. The number of hydrogen-bond donors (Lipinski definition) is 2. The van der Waals surface area contributed by atoms with Gasteiger partial charge in [-0.15, -0.1) is 0 Å². The molecular weight excluding hydrogens is 287 g/mol. The average molecular weight is 304 g/mol. The molecule has 1 aliphatic rings. The molecule has 1 aromatic rings. The van der Waals surface area contributed by atoms with Crippen LogP contribution in [0.15, 0.2) is 18.2 Å². The van der Waals surface area contributed by atoms with Crippen molar-refractivity contribution in [2.75, 3.05) is 19.6 Å². The Bertz CT molecular complexity index is 606. The average Bonchev–Trinajstić information content (AvgIpc) is 3.05. The highest BCUT2D eigenvalue weighted by molar-refractivity contribution is 5.84. The van der Waals surface area contributed by atoms with Gasteiger partial charge in [-0.1, -0.05) is 6.07 Å². The topological polar surface area (TPSA) is 85.2 Å². The SMILES string of the molecule is N#Cc1ccc(CNC(=O)NCC(=O)N2CCCC2)c(F)c1. The molecule has 1 fully saturated rings. The minimum Gasteiger partial charge on any atom is -0.341 e. The van der Waals surface area contributed by atoms with Crippen LogP contribution in [-0.2, 0) is 11.3 Å². The van der Waals surface area contributed by atoms with E-state index in [1.54, 1.807) is 4.90 Å². The van der Waals surface area contributed by atoms with Crippen molar-refractivity contribution < 1.29 is 14.0 Å². The molecule has 2 N–H and O–H groups in total. The number of urea groups is 1. The first-order valence-electron chi connectivity index (χ1n) is 7.08. The van der Waals surface area contributed by atoms with Crippen LogP contribution in [0.4, 0.5) is 9.18 Å². The number of carbonyl (C=O) groups is 2. The molecule has 0 saturated carbocycles. The van der Waals surface area contributed by atoms with Crippen molar-refractivity contribution in [2.24, 2.45) is 0 Å². The lowest BCUT2D eigenvalue weighted by Gasteiger charge is -2.15. The van der Waals surface area contributed by atoms with E-state index < -0.39 is 11.8 Å². The Morgan fingerprint density at radius 3 is 2.64 bits per heavy atom. The van der Waals surface area contributed by atoms with Gasteiger partial charge in [0.1, 0.15) is 5.82 Å². The van der Waals surface area contributed by atoms with Gasteiger partial charge in [-0.25, -0.2) is 9.18 Å². The highest BCUT2D eigenvalue weighted by Gasteiger charge is 2.18. The molecule has 0 unspecified atom stereocenters. The summed E-state index contributed by atoms with van der Waals surface area (Å²) >= 11 is 0. The van der Waals surface area contributed by atoms with Gasteiger partial charge >= 0.3 is 6.03 Å². The predicted octanol–water partition coefficient (Wildman–Crippen LogP) is 1.12. The molecule has 2 rings (SSSR count). The van der Waals surface area contributed by atoms with Crippen LogP contribution in [0.25, 0.3) is 0 Å². The molecule has 1 aromatic carbocycles. The summed E-state index contributed by atoms with van der Waals surface area (Å²) in [6.45, 7) is 1.39. The molecule has 6 nitrogen and oxygen atoms in total. The van der Waals surface area contributed by atoms with Crippen LogP contribution in [-0.4, -0.2) is 36.5 Å². The molecule has 0 aliphatic carbocycles. The number of nitrogens with zero attached hydrogens (tertiary/aromatic N) is 2. The molecule has 22 heavy (non-hydrogen) atoms. The van der Waals surface area contributed by atoms with Crippen molar-refractivity contribution in [2.45, 2.75) is 19.4 Å². The maximum absolute atomic E-state index is 13.6. The number of hydrogen-bond acceptors (Lipinski definition) is 3. The second-order valence-corrected chi connectivity index (χ2v) is 5.04. The van der Waals surface area contributed by atoms with Crippen molar-refractivity contribution in [3.8, 4) is 6.07 Å². The molecule has 116 valence electrons. The second-order valence-electron chi connectivity index (χ2n) is 5.04. The number of likely N-dealkylation sites (tertiary alicyclic amines) is 1. The van der Waals surface area contributed by atoms with E-state index in [1.807, 2.05) is 6.07 Å². The van der Waals surface area contributed by atoms with Crippen LogP contribution in [0, 0.1) is 17.1 Å². The number of nitrogens with one attached hydrogen (secondary N) is 2. The molecule has 3 amide bonds. The van der Waals surface area contributed by atoms with Crippen molar-refractivity contribution in [3.05, 3.63) is 35.1 Å². The van der Waals surface area contributed by atoms with E-state index in [4.69, 9.17) is 5.26 Å². The summed E-state index contributed by atoms with van der Waals surface area (Å²) in [5.74, 6) is -0.662. The van der Waals surface area contributed by atoms with Crippen molar-refractivity contribution in [1.29, 1.82) is 5.26 Å². The van der Waals surface area contributed by atoms with E-state index in [9.17, 15) is 14.0 Å². The molecule has 0 bridgehead atoms. The summed E-state index contributed by atoms with van der Waals surface area (Å²) in [5, 5.41) is 13.6. The minimum atomic E-state index is -0.549. The smallest absolute Gasteiger partial charge is 0.315 e. The molecule has 1 saturated heterocycles. The van der Waals surface area contributed by atoms with Gasteiger partial charge in [-0.2, -0.15) is 5.26 Å². The monoisotopic (exact) mass is 304 g/mol. The minimum absolute atomic E-state index is 0.0126. The van der Waals surface area contributed by atoms with Crippen LogP contribution in [0.2, 0.25) is 0 Å². The molecular formula is C15H17FN4O2. The number of rotatable bonds is 4. The Balaban J connectivity index is 1.75. The first-order chi connectivity index (χ1) is 10.6. The summed E-state index contributed by atoms with van der Waals surface area (Å²) in [4.78, 5) is 25.1. The first-order valence-corrected chi connectivity index (χ1v) is 7.08. The zero-order valence-corrected chi connectivity index (χ0v) is 12.1. The van der Waals surface area contributed by atoms with E-state index in [-0.39, 0.29) is 30.1 Å². The highest BCUT2D eigenvalue weighted by atomic mass is 19.1. The van der Waals surface area contributed by atoms with Gasteiger partial charge in [-0.05, 0) is 25.0 Å². The van der Waals surface area contributed by atoms with Crippen molar-refractivity contribution in [3.63, 3.8) is 0 Å². The van der Waals surface area contributed by atoms with Crippen LogP contribution < -0.4 is 10.6 Å². The van der Waals surface area contributed by atoms with Gasteiger partial charge in [0, 0.05) is 25.2 Å². The van der Waals surface area contributed by atoms with E-state index in [0.717, 1.165) is 32.0 Å². The third-order valence-electron chi connectivity index (χ3n) is 3.48. The fourth-order valence-electron chi connectivity index (χ4n) is 2.23. The maximum atomic E-state index is 13.6. The maximum Gasteiger partial charge on any atom is 0.315 e. The second kappa shape index (κ2) is 7.41. The number of amides is 3. The summed E-state index contributed by atoms with van der Waals surface area (Å²) in [7, 11) is 0. The fourth-order valence-corrected chi connectivity index (χ4v) is 2.23. The molecule has 0 atom stereocenters. The van der Waals surface area contributed by atoms with Crippen molar-refractivity contribution in [1.82, 2.24) is 15.5 Å². The number of halogens is 1. The van der Waals surface area contributed by atoms with Gasteiger partial charge in [0.15, 0.2) is 0 Å². The number of carbonyl (C=O) groups excluding carboxylic acids is 2. The van der Waals surface area contributed by atoms with E-state index >= 15 is 0 Å². The standard InChI is InChI=1S/C15H17FN4O2/c16-13-7-11(8-17)3-4-12(13)9-18-15(22)19-10-14(21)20-5-1-2-6-20/h3-4,7H,1-2,5-6,9-10H2,(H2,18,19,22). The van der Waals surface area contributed by atoms with Crippen LogP contribution in [0.5, 0.6) is 0 Å². The molecule has 1 aliphatic heterocycles. The largest absolute Gasteiger partial charge is 0.341 e.